The van der Waals surface area contributed by atoms with Crippen molar-refractivity contribution < 1.29 is 27.0 Å². The monoisotopic (exact) mass is 509 g/mol. The molecule has 2 aromatic rings. The number of anilines is 1. The van der Waals surface area contributed by atoms with E-state index in [9.17, 15) is 22.4 Å². The maximum atomic E-state index is 14.8. The molecule has 3 rings (SSSR count). The van der Waals surface area contributed by atoms with Crippen molar-refractivity contribution in [2.24, 2.45) is 4.99 Å². The van der Waals surface area contributed by atoms with Gasteiger partial charge < -0.3 is 5.32 Å². The SMILES string of the molecule is CN(C)S(=O)(=O)N1CC(F)(CNc2nonc2C(=Nc2ccc(F)c(Br)c2)NO)C1. The first-order valence-electron chi connectivity index (χ1n) is 8.43. The molecule has 0 saturated carbocycles. The van der Waals surface area contributed by atoms with E-state index in [1.165, 1.54) is 32.3 Å². The smallest absolute Gasteiger partial charge is 0.281 e. The first-order valence-corrected chi connectivity index (χ1v) is 10.6. The summed E-state index contributed by atoms with van der Waals surface area (Å²) >= 11 is 3.03. The van der Waals surface area contributed by atoms with E-state index in [1.54, 1.807) is 0 Å². The summed E-state index contributed by atoms with van der Waals surface area (Å²) in [5.41, 5.74) is 0.236. The summed E-state index contributed by atoms with van der Waals surface area (Å²) in [4.78, 5) is 4.09. The number of aromatic nitrogens is 2. The van der Waals surface area contributed by atoms with Crippen LogP contribution in [0.15, 0.2) is 32.3 Å². The molecule has 0 aliphatic carbocycles. The van der Waals surface area contributed by atoms with E-state index in [0.29, 0.717) is 0 Å². The van der Waals surface area contributed by atoms with Crippen LogP contribution in [0.4, 0.5) is 20.3 Å². The van der Waals surface area contributed by atoms with E-state index >= 15 is 0 Å². The van der Waals surface area contributed by atoms with Gasteiger partial charge in [0.05, 0.1) is 29.8 Å². The summed E-state index contributed by atoms with van der Waals surface area (Å²) < 4.78 is 58.9. The third-order valence-corrected chi connectivity index (χ3v) is 6.68. The number of hydrogen-bond acceptors (Lipinski definition) is 8. The van der Waals surface area contributed by atoms with Gasteiger partial charge in [0.1, 0.15) is 5.82 Å². The molecule has 1 fully saturated rings. The molecule has 0 spiro atoms. The van der Waals surface area contributed by atoms with Crippen molar-refractivity contribution in [3.8, 4) is 0 Å². The quantitative estimate of drug-likeness (QED) is 0.288. The lowest BCUT2D eigenvalue weighted by Crippen LogP contribution is -2.65. The zero-order chi connectivity index (χ0) is 22.1. The maximum Gasteiger partial charge on any atom is 0.281 e. The molecule has 1 aliphatic rings. The lowest BCUT2D eigenvalue weighted by atomic mass is 9.99. The standard InChI is InChI=1S/C15H18BrF2N7O4S/c1-24(2)30(27,28)25-7-15(18,8-25)6-19-13-12(22-29-23-13)14(21-26)20-9-3-4-11(17)10(16)5-9/h3-5,26H,6-8H2,1-2H3,(H,19,23)(H,20,21). The summed E-state index contributed by atoms with van der Waals surface area (Å²) in [6.07, 6.45) is 0. The maximum absolute atomic E-state index is 14.8. The van der Waals surface area contributed by atoms with Gasteiger partial charge in [-0.05, 0) is 44.4 Å². The van der Waals surface area contributed by atoms with Crippen LogP contribution < -0.4 is 10.8 Å². The van der Waals surface area contributed by atoms with Crippen LogP contribution in [-0.2, 0) is 10.2 Å². The summed E-state index contributed by atoms with van der Waals surface area (Å²) in [7, 11) is -0.965. The molecule has 0 radical (unpaired) electrons. The molecule has 1 aliphatic heterocycles. The third-order valence-electron chi connectivity index (χ3n) is 4.24. The zero-order valence-electron chi connectivity index (χ0n) is 15.8. The molecule has 1 aromatic carbocycles. The van der Waals surface area contributed by atoms with Crippen LogP contribution in [-0.4, -0.2) is 77.8 Å². The normalized spacial score (nSPS) is 17.1. The van der Waals surface area contributed by atoms with Gasteiger partial charge in [0, 0.05) is 14.1 Å². The van der Waals surface area contributed by atoms with Crippen molar-refractivity contribution in [1.82, 2.24) is 24.4 Å². The predicted octanol–water partition coefficient (Wildman–Crippen LogP) is 1.27. The summed E-state index contributed by atoms with van der Waals surface area (Å²) in [5.74, 6) is -0.699. The average molecular weight is 510 g/mol. The van der Waals surface area contributed by atoms with Gasteiger partial charge in [0.15, 0.2) is 17.2 Å². The van der Waals surface area contributed by atoms with Crippen LogP contribution in [0.25, 0.3) is 0 Å². The Balaban J connectivity index is 1.71. The van der Waals surface area contributed by atoms with E-state index in [4.69, 9.17) is 0 Å². The number of amidine groups is 1. The van der Waals surface area contributed by atoms with Crippen LogP contribution in [0.3, 0.4) is 0 Å². The van der Waals surface area contributed by atoms with E-state index in [-0.39, 0.29) is 47.1 Å². The minimum Gasteiger partial charge on any atom is -0.362 e. The van der Waals surface area contributed by atoms with Gasteiger partial charge in [-0.3, -0.25) is 10.7 Å². The minimum absolute atomic E-state index is 0.0255. The molecule has 0 atom stereocenters. The molecular formula is C15H18BrF2N7O4S. The van der Waals surface area contributed by atoms with Gasteiger partial charge in [-0.15, -0.1) is 0 Å². The van der Waals surface area contributed by atoms with Crippen LogP contribution in [0.1, 0.15) is 5.69 Å². The topological polar surface area (TPSA) is 136 Å². The van der Waals surface area contributed by atoms with Crippen LogP contribution in [0.5, 0.6) is 0 Å². The number of alkyl halides is 1. The predicted molar refractivity (Wildman–Crippen MR) is 106 cm³/mol. The van der Waals surface area contributed by atoms with Crippen molar-refractivity contribution in [3.05, 3.63) is 34.2 Å². The number of hydrogen-bond donors (Lipinski definition) is 3. The summed E-state index contributed by atoms with van der Waals surface area (Å²) in [6, 6.07) is 3.91. The van der Waals surface area contributed by atoms with Gasteiger partial charge in [0.25, 0.3) is 10.2 Å². The average Bonchev–Trinajstić information content (AvgIpc) is 3.13. The van der Waals surface area contributed by atoms with E-state index in [1.807, 2.05) is 5.48 Å². The highest BCUT2D eigenvalue weighted by Crippen LogP contribution is 2.29. The molecule has 30 heavy (non-hydrogen) atoms. The number of halogens is 3. The molecule has 15 heteroatoms. The molecule has 2 heterocycles. The van der Waals surface area contributed by atoms with Crippen molar-refractivity contribution in [2.75, 3.05) is 39.0 Å². The molecule has 0 bridgehead atoms. The molecule has 11 nitrogen and oxygen atoms in total. The molecule has 1 saturated heterocycles. The minimum atomic E-state index is -3.69. The van der Waals surface area contributed by atoms with Crippen molar-refractivity contribution in [1.29, 1.82) is 0 Å². The van der Waals surface area contributed by atoms with E-state index in [0.717, 1.165) is 8.61 Å². The highest BCUT2D eigenvalue weighted by molar-refractivity contribution is 9.10. The fourth-order valence-electron chi connectivity index (χ4n) is 2.61. The lowest BCUT2D eigenvalue weighted by molar-refractivity contribution is 0.0308. The zero-order valence-corrected chi connectivity index (χ0v) is 18.2. The molecular weight excluding hydrogens is 492 g/mol. The Bertz CT molecular complexity index is 1060. The Hall–Kier alpha value is -2.20. The van der Waals surface area contributed by atoms with Gasteiger partial charge in [-0.25, -0.2) is 18.4 Å². The lowest BCUT2D eigenvalue weighted by Gasteiger charge is -2.44. The van der Waals surface area contributed by atoms with Gasteiger partial charge in [-0.2, -0.15) is 17.0 Å². The Labute approximate surface area is 179 Å². The van der Waals surface area contributed by atoms with E-state index in [2.05, 4.69) is 41.2 Å². The first-order chi connectivity index (χ1) is 14.1. The third kappa shape index (κ3) is 4.59. The first kappa shape index (κ1) is 22.5. The molecule has 0 unspecified atom stereocenters. The van der Waals surface area contributed by atoms with Crippen molar-refractivity contribution in [2.45, 2.75) is 5.67 Å². The van der Waals surface area contributed by atoms with Crippen LogP contribution in [0.2, 0.25) is 0 Å². The number of hydroxylamine groups is 1. The van der Waals surface area contributed by atoms with Crippen LogP contribution >= 0.6 is 15.9 Å². The van der Waals surface area contributed by atoms with Gasteiger partial charge >= 0.3 is 0 Å². The summed E-state index contributed by atoms with van der Waals surface area (Å²) in [6.45, 7) is -0.942. The molecule has 1 aromatic heterocycles. The Morgan fingerprint density at radius 1 is 1.43 bits per heavy atom. The van der Waals surface area contributed by atoms with Crippen LogP contribution in [0, 0.1) is 5.82 Å². The number of aliphatic imine (C=N–C) groups is 1. The molecule has 0 amide bonds. The number of rotatable bonds is 7. The van der Waals surface area contributed by atoms with Crippen molar-refractivity contribution >= 4 is 43.5 Å². The Kier molecular flexibility index (Phi) is 6.37. The second kappa shape index (κ2) is 8.50. The summed E-state index contributed by atoms with van der Waals surface area (Å²) in [5, 5.41) is 19.3. The fourth-order valence-corrected chi connectivity index (χ4v) is 4.23. The molecule has 164 valence electrons. The Morgan fingerprint density at radius 2 is 2.13 bits per heavy atom. The largest absolute Gasteiger partial charge is 0.362 e. The second-order valence-corrected chi connectivity index (χ2v) is 9.69. The van der Waals surface area contributed by atoms with Gasteiger partial charge in [-0.1, -0.05) is 0 Å². The highest BCUT2D eigenvalue weighted by Gasteiger charge is 2.49. The highest BCUT2D eigenvalue weighted by atomic mass is 79.9. The van der Waals surface area contributed by atoms with Gasteiger partial charge in [0.2, 0.25) is 5.82 Å². The second-order valence-electron chi connectivity index (χ2n) is 6.69. The number of nitrogens with one attached hydrogen (secondary N) is 2. The van der Waals surface area contributed by atoms with Crippen molar-refractivity contribution in [3.63, 3.8) is 0 Å². The van der Waals surface area contributed by atoms with E-state index < -0.39 is 21.7 Å². The Morgan fingerprint density at radius 3 is 2.73 bits per heavy atom. The fraction of sp³-hybridized carbons (Fsp3) is 0.400. The number of nitrogens with zero attached hydrogens (tertiary/aromatic N) is 5. The number of benzene rings is 1. The molecule has 3 N–H and O–H groups in total.